The Bertz CT molecular complexity index is 1100. The normalized spacial score (nSPS) is 11.5. The standard InChI is InChI=1S/C17H14ClN3O3S/c1-10-5-6-11-3-2-4-15(16(11)20-10)21-17(22)13-8-7-12(9-14(13)18)25(19,23)24/h2-9H,1H3,(H,21,22)(H2,19,23,24). The predicted octanol–water partition coefficient (Wildman–Crippen LogP) is 3.10. The number of nitrogens with two attached hydrogens (primary N) is 1. The van der Waals surface area contributed by atoms with Crippen LogP contribution in [0.5, 0.6) is 0 Å². The number of carbonyl (C=O) groups is 1. The summed E-state index contributed by atoms with van der Waals surface area (Å²) >= 11 is 6.04. The van der Waals surface area contributed by atoms with Gasteiger partial charge in [-0.15, -0.1) is 0 Å². The maximum Gasteiger partial charge on any atom is 0.257 e. The highest BCUT2D eigenvalue weighted by molar-refractivity contribution is 7.89. The zero-order valence-electron chi connectivity index (χ0n) is 13.2. The van der Waals surface area contributed by atoms with Crippen molar-refractivity contribution in [2.24, 2.45) is 5.14 Å². The lowest BCUT2D eigenvalue weighted by Gasteiger charge is -2.10. The molecule has 0 radical (unpaired) electrons. The fourth-order valence-corrected chi connectivity index (χ4v) is 3.26. The van der Waals surface area contributed by atoms with E-state index < -0.39 is 15.9 Å². The van der Waals surface area contributed by atoms with Crippen molar-refractivity contribution in [3.63, 3.8) is 0 Å². The number of nitrogens with one attached hydrogen (secondary N) is 1. The van der Waals surface area contributed by atoms with Gasteiger partial charge in [0.05, 0.1) is 26.7 Å². The first-order valence-corrected chi connectivity index (χ1v) is 9.18. The molecule has 0 aliphatic rings. The van der Waals surface area contributed by atoms with Gasteiger partial charge in [0.25, 0.3) is 5.91 Å². The monoisotopic (exact) mass is 375 g/mol. The molecule has 0 unspecified atom stereocenters. The number of anilines is 1. The fraction of sp³-hybridized carbons (Fsp3) is 0.0588. The number of rotatable bonds is 3. The number of hydrogen-bond acceptors (Lipinski definition) is 4. The Kier molecular flexibility index (Phi) is 4.47. The lowest BCUT2D eigenvalue weighted by molar-refractivity contribution is 0.102. The summed E-state index contributed by atoms with van der Waals surface area (Å²) in [6, 6.07) is 12.9. The summed E-state index contributed by atoms with van der Waals surface area (Å²) in [4.78, 5) is 16.8. The van der Waals surface area contributed by atoms with Crippen LogP contribution in [0.25, 0.3) is 10.9 Å². The highest BCUT2D eigenvalue weighted by Gasteiger charge is 2.16. The number of amides is 1. The van der Waals surface area contributed by atoms with Crippen LogP contribution in [0.3, 0.4) is 0 Å². The largest absolute Gasteiger partial charge is 0.320 e. The van der Waals surface area contributed by atoms with Gasteiger partial charge in [0, 0.05) is 11.1 Å². The molecule has 8 heteroatoms. The molecular formula is C17H14ClN3O3S. The van der Waals surface area contributed by atoms with Crippen molar-refractivity contribution in [3.8, 4) is 0 Å². The van der Waals surface area contributed by atoms with Crippen molar-refractivity contribution >= 4 is 44.1 Å². The van der Waals surface area contributed by atoms with Gasteiger partial charge in [-0.25, -0.2) is 13.6 Å². The molecule has 0 spiro atoms. The van der Waals surface area contributed by atoms with Crippen LogP contribution in [0.1, 0.15) is 16.1 Å². The van der Waals surface area contributed by atoms with Crippen LogP contribution in [0.15, 0.2) is 53.4 Å². The summed E-state index contributed by atoms with van der Waals surface area (Å²) in [6.45, 7) is 1.86. The lowest BCUT2D eigenvalue weighted by Crippen LogP contribution is -2.15. The van der Waals surface area contributed by atoms with Crippen molar-refractivity contribution in [1.29, 1.82) is 0 Å². The fourth-order valence-electron chi connectivity index (χ4n) is 2.39. The van der Waals surface area contributed by atoms with E-state index in [4.69, 9.17) is 16.7 Å². The van der Waals surface area contributed by atoms with Crippen LogP contribution in [0.2, 0.25) is 5.02 Å². The number of halogens is 1. The molecule has 1 amide bonds. The number of fused-ring (bicyclic) bond motifs is 1. The summed E-state index contributed by atoms with van der Waals surface area (Å²) in [5, 5.41) is 8.70. The molecule has 0 aliphatic heterocycles. The molecule has 1 aromatic heterocycles. The minimum absolute atomic E-state index is 0.00611. The van der Waals surface area contributed by atoms with Gasteiger partial charge in [0.2, 0.25) is 10.0 Å². The molecule has 0 atom stereocenters. The molecule has 1 heterocycles. The van der Waals surface area contributed by atoms with E-state index in [0.29, 0.717) is 11.2 Å². The number of nitrogens with zero attached hydrogens (tertiary/aromatic N) is 1. The number of carbonyl (C=O) groups excluding carboxylic acids is 1. The molecule has 0 fully saturated rings. The van der Waals surface area contributed by atoms with Gasteiger partial charge in [-0.3, -0.25) is 9.78 Å². The molecule has 0 saturated heterocycles. The van der Waals surface area contributed by atoms with Crippen LogP contribution >= 0.6 is 11.6 Å². The summed E-state index contributed by atoms with van der Waals surface area (Å²) in [6.07, 6.45) is 0. The van der Waals surface area contributed by atoms with E-state index in [2.05, 4.69) is 10.3 Å². The molecule has 0 bridgehead atoms. The number of aryl methyl sites for hydroxylation is 1. The maximum atomic E-state index is 12.5. The Morgan fingerprint density at radius 1 is 1.16 bits per heavy atom. The minimum Gasteiger partial charge on any atom is -0.320 e. The number of hydrogen-bond donors (Lipinski definition) is 2. The Labute approximate surface area is 149 Å². The first-order chi connectivity index (χ1) is 11.8. The van der Waals surface area contributed by atoms with Crippen LogP contribution in [0, 0.1) is 6.92 Å². The molecule has 3 N–H and O–H groups in total. The van der Waals surface area contributed by atoms with Gasteiger partial charge in [-0.05, 0) is 37.3 Å². The van der Waals surface area contributed by atoms with E-state index in [1.807, 2.05) is 25.1 Å². The van der Waals surface area contributed by atoms with Crippen molar-refractivity contribution in [2.75, 3.05) is 5.32 Å². The average molecular weight is 376 g/mol. The van der Waals surface area contributed by atoms with Gasteiger partial charge < -0.3 is 5.32 Å². The minimum atomic E-state index is -3.89. The quantitative estimate of drug-likeness (QED) is 0.734. The van der Waals surface area contributed by atoms with E-state index in [0.717, 1.165) is 17.1 Å². The number of sulfonamides is 1. The van der Waals surface area contributed by atoms with E-state index in [9.17, 15) is 13.2 Å². The summed E-state index contributed by atoms with van der Waals surface area (Å²) in [5.41, 5.74) is 2.16. The van der Waals surface area contributed by atoms with Gasteiger partial charge in [0.15, 0.2) is 0 Å². The third-order valence-corrected chi connectivity index (χ3v) is 4.85. The second-order valence-corrected chi connectivity index (χ2v) is 7.44. The van der Waals surface area contributed by atoms with E-state index >= 15 is 0 Å². The SMILES string of the molecule is Cc1ccc2cccc(NC(=O)c3ccc(S(N)(=O)=O)cc3Cl)c2n1. The lowest BCUT2D eigenvalue weighted by atomic mass is 10.1. The second kappa shape index (κ2) is 6.44. The average Bonchev–Trinajstić information content (AvgIpc) is 2.54. The summed E-state index contributed by atoms with van der Waals surface area (Å²) in [7, 11) is -3.89. The van der Waals surface area contributed by atoms with E-state index in [-0.39, 0.29) is 15.5 Å². The zero-order valence-corrected chi connectivity index (χ0v) is 14.7. The third kappa shape index (κ3) is 3.63. The first kappa shape index (κ1) is 17.3. The predicted molar refractivity (Wildman–Crippen MR) is 97.3 cm³/mol. The summed E-state index contributed by atoms with van der Waals surface area (Å²) < 4.78 is 22.7. The molecule has 0 saturated carbocycles. The number of primary sulfonamides is 1. The number of pyridine rings is 1. The highest BCUT2D eigenvalue weighted by atomic mass is 35.5. The van der Waals surface area contributed by atoms with Gasteiger partial charge in [0.1, 0.15) is 0 Å². The smallest absolute Gasteiger partial charge is 0.257 e. The van der Waals surface area contributed by atoms with E-state index in [1.165, 1.54) is 12.1 Å². The van der Waals surface area contributed by atoms with Crippen molar-refractivity contribution < 1.29 is 13.2 Å². The highest BCUT2D eigenvalue weighted by Crippen LogP contribution is 2.25. The number of benzene rings is 2. The van der Waals surface area contributed by atoms with Crippen LogP contribution in [-0.2, 0) is 10.0 Å². The Hall–Kier alpha value is -2.48. The van der Waals surface area contributed by atoms with E-state index in [1.54, 1.807) is 12.1 Å². The number of para-hydroxylation sites is 1. The summed E-state index contributed by atoms with van der Waals surface area (Å²) in [5.74, 6) is -0.471. The van der Waals surface area contributed by atoms with Crippen molar-refractivity contribution in [3.05, 3.63) is 64.8 Å². The molecule has 0 aliphatic carbocycles. The Balaban J connectivity index is 1.97. The topological polar surface area (TPSA) is 102 Å². The number of aromatic nitrogens is 1. The zero-order chi connectivity index (χ0) is 18.2. The Morgan fingerprint density at radius 3 is 2.60 bits per heavy atom. The molecular weight excluding hydrogens is 362 g/mol. The van der Waals surface area contributed by atoms with Crippen LogP contribution in [0.4, 0.5) is 5.69 Å². The first-order valence-electron chi connectivity index (χ1n) is 7.26. The Morgan fingerprint density at radius 2 is 1.92 bits per heavy atom. The van der Waals surface area contributed by atoms with Crippen LogP contribution in [-0.4, -0.2) is 19.3 Å². The molecule has 3 rings (SSSR count). The molecule has 128 valence electrons. The molecule has 3 aromatic rings. The van der Waals surface area contributed by atoms with Gasteiger partial charge in [-0.1, -0.05) is 29.8 Å². The molecule has 6 nitrogen and oxygen atoms in total. The van der Waals surface area contributed by atoms with Crippen molar-refractivity contribution in [2.45, 2.75) is 11.8 Å². The van der Waals surface area contributed by atoms with Crippen LogP contribution < -0.4 is 10.5 Å². The van der Waals surface area contributed by atoms with Crippen molar-refractivity contribution in [1.82, 2.24) is 4.98 Å². The van der Waals surface area contributed by atoms with Gasteiger partial charge >= 0.3 is 0 Å². The second-order valence-electron chi connectivity index (χ2n) is 5.47. The molecule has 2 aromatic carbocycles. The molecule has 25 heavy (non-hydrogen) atoms. The van der Waals surface area contributed by atoms with Gasteiger partial charge in [-0.2, -0.15) is 0 Å². The third-order valence-electron chi connectivity index (χ3n) is 3.62. The maximum absolute atomic E-state index is 12.5.